The fourth-order valence-electron chi connectivity index (χ4n) is 4.52. The van der Waals surface area contributed by atoms with E-state index in [1.807, 2.05) is 0 Å². The van der Waals surface area contributed by atoms with Crippen LogP contribution in [0.25, 0.3) is 0 Å². The quantitative estimate of drug-likeness (QED) is 0.506. The Morgan fingerprint density at radius 1 is 0.939 bits per heavy atom. The minimum absolute atomic E-state index is 0.0716. The summed E-state index contributed by atoms with van der Waals surface area (Å²) < 4.78 is 5.72. The Morgan fingerprint density at radius 2 is 1.61 bits per heavy atom. The molecule has 1 heterocycles. The molecule has 3 N–H and O–H groups in total. The van der Waals surface area contributed by atoms with Gasteiger partial charge in [-0.1, -0.05) is 43.7 Å². The molecule has 33 heavy (non-hydrogen) atoms. The van der Waals surface area contributed by atoms with Crippen LogP contribution in [0.4, 0.5) is 4.79 Å². The first-order valence-corrected chi connectivity index (χ1v) is 13.0. The van der Waals surface area contributed by atoms with Crippen LogP contribution in [0, 0.1) is 0 Å². The summed E-state index contributed by atoms with van der Waals surface area (Å²) in [6, 6.07) is 7.09. The number of urea groups is 1. The Hall–Kier alpha value is -2.32. The number of rotatable bonds is 7. The summed E-state index contributed by atoms with van der Waals surface area (Å²) in [7, 11) is 0. The Bertz CT molecular complexity index is 930. The number of aromatic nitrogens is 1. The second kappa shape index (κ2) is 11.7. The molecule has 2 fully saturated rings. The van der Waals surface area contributed by atoms with Crippen LogP contribution in [0.1, 0.15) is 73.3 Å². The molecule has 9 heteroatoms. The molecule has 0 bridgehead atoms. The highest BCUT2D eigenvalue weighted by Gasteiger charge is 2.29. The fourth-order valence-corrected chi connectivity index (χ4v) is 5.33. The van der Waals surface area contributed by atoms with Crippen LogP contribution in [-0.4, -0.2) is 35.0 Å². The van der Waals surface area contributed by atoms with Gasteiger partial charge in [0.05, 0.1) is 6.04 Å². The average molecular weight is 491 g/mol. The summed E-state index contributed by atoms with van der Waals surface area (Å²) in [5, 5.41) is 12.4. The zero-order valence-electron chi connectivity index (χ0n) is 18.6. The molecule has 0 radical (unpaired) electrons. The van der Waals surface area contributed by atoms with Crippen molar-refractivity contribution in [2.45, 2.75) is 82.5 Å². The van der Waals surface area contributed by atoms with Crippen LogP contribution >= 0.6 is 22.9 Å². The molecule has 2 atom stereocenters. The molecule has 178 valence electrons. The van der Waals surface area contributed by atoms with Gasteiger partial charge in [-0.15, -0.1) is 11.3 Å². The van der Waals surface area contributed by atoms with E-state index < -0.39 is 0 Å². The molecule has 2 aromatic rings. The van der Waals surface area contributed by atoms with Crippen LogP contribution in [0.2, 0.25) is 5.02 Å². The Morgan fingerprint density at radius 3 is 2.33 bits per heavy atom. The molecule has 1 aromatic carbocycles. The smallest absolute Gasteiger partial charge is 0.315 e. The zero-order chi connectivity index (χ0) is 23.0. The first-order chi connectivity index (χ1) is 16.1. The first kappa shape index (κ1) is 23.8. The van der Waals surface area contributed by atoms with E-state index in [2.05, 4.69) is 20.9 Å². The van der Waals surface area contributed by atoms with Crippen molar-refractivity contribution < 1.29 is 14.3 Å². The number of carbonyl (C=O) groups is 2. The van der Waals surface area contributed by atoms with E-state index in [1.54, 1.807) is 29.6 Å². The van der Waals surface area contributed by atoms with Crippen molar-refractivity contribution in [3.63, 3.8) is 0 Å². The third kappa shape index (κ3) is 7.08. The van der Waals surface area contributed by atoms with E-state index in [9.17, 15) is 9.59 Å². The van der Waals surface area contributed by atoms with Gasteiger partial charge in [-0.25, -0.2) is 9.78 Å². The second-order valence-corrected chi connectivity index (χ2v) is 10.2. The lowest BCUT2D eigenvalue weighted by Crippen LogP contribution is -2.56. The fraction of sp³-hybridized carbons (Fsp3) is 0.542. The minimum Gasteiger partial charge on any atom is -0.486 e. The SMILES string of the molecule is O=C(NC1CCCCC1)NC1CCCCC1NC(=O)c1csc(COc2ccc(Cl)cc2)n1. The van der Waals surface area contributed by atoms with Crippen LogP contribution < -0.4 is 20.7 Å². The molecule has 0 saturated heterocycles. The molecule has 7 nitrogen and oxygen atoms in total. The molecule has 0 aliphatic heterocycles. The third-order valence-electron chi connectivity index (χ3n) is 6.30. The molecule has 0 spiro atoms. The van der Waals surface area contributed by atoms with Gasteiger partial charge in [0.1, 0.15) is 23.1 Å². The maximum Gasteiger partial charge on any atom is 0.315 e. The lowest BCUT2D eigenvalue weighted by atomic mass is 9.90. The van der Waals surface area contributed by atoms with E-state index in [0.29, 0.717) is 16.5 Å². The van der Waals surface area contributed by atoms with Crippen molar-refractivity contribution in [2.75, 3.05) is 0 Å². The van der Waals surface area contributed by atoms with Gasteiger partial charge in [0.15, 0.2) is 0 Å². The Kier molecular flexibility index (Phi) is 8.45. The lowest BCUT2D eigenvalue weighted by Gasteiger charge is -2.33. The standard InChI is InChI=1S/C24H31ClN4O3S/c25-16-10-12-18(13-11-16)32-14-22-27-21(15-33-22)23(30)28-19-8-4-5-9-20(19)29-24(31)26-17-6-2-1-3-7-17/h10-13,15,17,19-20H,1-9,14H2,(H,28,30)(H2,26,29,31). The van der Waals surface area contributed by atoms with Gasteiger partial charge in [-0.05, 0) is 49.9 Å². The second-order valence-electron chi connectivity index (χ2n) is 8.79. The largest absolute Gasteiger partial charge is 0.486 e. The molecule has 2 aliphatic rings. The number of hydrogen-bond acceptors (Lipinski definition) is 5. The number of hydrogen-bond donors (Lipinski definition) is 3. The van der Waals surface area contributed by atoms with Gasteiger partial charge in [-0.3, -0.25) is 4.79 Å². The number of nitrogens with zero attached hydrogens (tertiary/aromatic N) is 1. The van der Waals surface area contributed by atoms with Crippen LogP contribution in [-0.2, 0) is 6.61 Å². The topological polar surface area (TPSA) is 92.4 Å². The molecule has 4 rings (SSSR count). The summed E-state index contributed by atoms with van der Waals surface area (Å²) in [5.41, 5.74) is 0.380. The molecular formula is C24H31ClN4O3S. The predicted molar refractivity (Wildman–Crippen MR) is 130 cm³/mol. The van der Waals surface area contributed by atoms with Gasteiger partial charge in [0.25, 0.3) is 5.91 Å². The van der Waals surface area contributed by atoms with Gasteiger partial charge in [0.2, 0.25) is 0 Å². The van der Waals surface area contributed by atoms with E-state index in [0.717, 1.165) is 43.5 Å². The summed E-state index contributed by atoms with van der Waals surface area (Å²) in [4.78, 5) is 29.8. The number of carbonyl (C=O) groups excluding carboxylic acids is 2. The van der Waals surface area contributed by atoms with E-state index in [1.165, 1.54) is 30.6 Å². The molecule has 1 aromatic heterocycles. The summed E-state index contributed by atoms with van der Waals surface area (Å²) >= 11 is 7.28. The maximum absolute atomic E-state index is 12.8. The number of nitrogens with one attached hydrogen (secondary N) is 3. The predicted octanol–water partition coefficient (Wildman–Crippen LogP) is 5.05. The minimum atomic E-state index is -0.213. The van der Waals surface area contributed by atoms with Gasteiger partial charge in [-0.2, -0.15) is 0 Å². The zero-order valence-corrected chi connectivity index (χ0v) is 20.2. The third-order valence-corrected chi connectivity index (χ3v) is 7.37. The van der Waals surface area contributed by atoms with Crippen molar-refractivity contribution in [1.82, 2.24) is 20.9 Å². The van der Waals surface area contributed by atoms with Crippen molar-refractivity contribution in [2.24, 2.45) is 0 Å². The van der Waals surface area contributed by atoms with Crippen LogP contribution in [0.15, 0.2) is 29.6 Å². The van der Waals surface area contributed by atoms with Crippen molar-refractivity contribution in [3.05, 3.63) is 45.4 Å². The number of amides is 3. The van der Waals surface area contributed by atoms with Crippen molar-refractivity contribution in [1.29, 1.82) is 0 Å². The van der Waals surface area contributed by atoms with Crippen LogP contribution in [0.5, 0.6) is 5.75 Å². The van der Waals surface area contributed by atoms with Gasteiger partial charge >= 0.3 is 6.03 Å². The highest BCUT2D eigenvalue weighted by atomic mass is 35.5. The molecular weight excluding hydrogens is 460 g/mol. The molecule has 2 unspecified atom stereocenters. The van der Waals surface area contributed by atoms with E-state index in [-0.39, 0.29) is 36.7 Å². The van der Waals surface area contributed by atoms with Crippen molar-refractivity contribution >= 4 is 34.9 Å². The highest BCUT2D eigenvalue weighted by Crippen LogP contribution is 2.21. The number of benzene rings is 1. The first-order valence-electron chi connectivity index (χ1n) is 11.8. The lowest BCUT2D eigenvalue weighted by molar-refractivity contribution is 0.0911. The van der Waals surface area contributed by atoms with Gasteiger partial charge < -0.3 is 20.7 Å². The normalized spacial score (nSPS) is 21.2. The monoisotopic (exact) mass is 490 g/mol. The molecule has 3 amide bonds. The Balaban J connectivity index is 1.27. The molecule has 2 aliphatic carbocycles. The summed E-state index contributed by atoms with van der Waals surface area (Å²) in [6.07, 6.45) is 9.48. The molecule has 2 saturated carbocycles. The van der Waals surface area contributed by atoms with E-state index in [4.69, 9.17) is 16.3 Å². The maximum atomic E-state index is 12.8. The van der Waals surface area contributed by atoms with Crippen LogP contribution in [0.3, 0.4) is 0 Å². The number of thiazole rings is 1. The number of ether oxygens (including phenoxy) is 1. The van der Waals surface area contributed by atoms with Crippen molar-refractivity contribution in [3.8, 4) is 5.75 Å². The van der Waals surface area contributed by atoms with E-state index >= 15 is 0 Å². The number of halogens is 1. The highest BCUT2D eigenvalue weighted by molar-refractivity contribution is 7.09. The average Bonchev–Trinajstić information content (AvgIpc) is 3.30. The van der Waals surface area contributed by atoms with Gasteiger partial charge in [0, 0.05) is 22.5 Å². The summed E-state index contributed by atoms with van der Waals surface area (Å²) in [5.74, 6) is 0.485. The Labute approximate surface area is 203 Å². The summed E-state index contributed by atoms with van der Waals surface area (Å²) in [6.45, 7) is 0.286.